The van der Waals surface area contributed by atoms with Crippen molar-refractivity contribution in [3.8, 4) is 0 Å². The number of hydrogen-bond acceptors (Lipinski definition) is 5. The van der Waals surface area contributed by atoms with E-state index >= 15 is 0 Å². The van der Waals surface area contributed by atoms with Gasteiger partial charge in [0.15, 0.2) is 15.0 Å². The average Bonchev–Trinajstić information content (AvgIpc) is 2.81. The van der Waals surface area contributed by atoms with Gasteiger partial charge in [-0.3, -0.25) is 4.99 Å². The van der Waals surface area contributed by atoms with Crippen molar-refractivity contribution in [2.45, 2.75) is 17.8 Å². The predicted octanol–water partition coefficient (Wildman–Crippen LogP) is 1.53. The van der Waals surface area contributed by atoms with E-state index < -0.39 is 9.84 Å². The van der Waals surface area contributed by atoms with Gasteiger partial charge in [0.25, 0.3) is 0 Å². The molecule has 20 heavy (non-hydrogen) atoms. The zero-order chi connectivity index (χ0) is 14.3. The van der Waals surface area contributed by atoms with Crippen LogP contribution in [0.1, 0.15) is 5.56 Å². The zero-order valence-corrected chi connectivity index (χ0v) is 12.6. The summed E-state index contributed by atoms with van der Waals surface area (Å²) in [6.07, 6.45) is 0. The highest BCUT2D eigenvalue weighted by molar-refractivity contribution is 8.13. The van der Waals surface area contributed by atoms with Crippen molar-refractivity contribution >= 4 is 26.8 Å². The minimum absolute atomic E-state index is 0.0324. The van der Waals surface area contributed by atoms with Crippen molar-refractivity contribution < 1.29 is 12.8 Å². The average molecular weight is 314 g/mol. The van der Waals surface area contributed by atoms with E-state index in [1.807, 2.05) is 18.0 Å². The Kier molecular flexibility index (Phi) is 3.50. The van der Waals surface area contributed by atoms with Gasteiger partial charge in [-0.05, 0) is 17.7 Å². The first-order valence-electron chi connectivity index (χ1n) is 6.33. The first kappa shape index (κ1) is 13.9. The summed E-state index contributed by atoms with van der Waals surface area (Å²) in [5.74, 6) is 0.716. The van der Waals surface area contributed by atoms with Crippen LogP contribution in [-0.2, 0) is 15.6 Å². The summed E-state index contributed by atoms with van der Waals surface area (Å²) in [6, 6.07) is 6.31. The summed E-state index contributed by atoms with van der Waals surface area (Å²) in [6.45, 7) is 0. The fourth-order valence-corrected chi connectivity index (χ4v) is 5.54. The van der Waals surface area contributed by atoms with E-state index in [-0.39, 0.29) is 29.4 Å². The lowest BCUT2D eigenvalue weighted by molar-refractivity contribution is 0.410. The maximum atomic E-state index is 13.1. The largest absolute Gasteiger partial charge is 0.348 e. The standard InChI is InChI=1S/C13H15FN2O2S2/c1-16-12-8-20(17,18)7-11(12)15-13(16)19-6-9-3-2-4-10(14)5-9/h2-5,11-12H,6-8H2,1H3. The molecule has 108 valence electrons. The zero-order valence-electron chi connectivity index (χ0n) is 11.0. The topological polar surface area (TPSA) is 49.7 Å². The molecule has 1 aromatic rings. The molecule has 7 heteroatoms. The predicted molar refractivity (Wildman–Crippen MR) is 79.1 cm³/mol. The van der Waals surface area contributed by atoms with Crippen molar-refractivity contribution in [1.29, 1.82) is 0 Å². The Balaban J connectivity index is 1.68. The molecule has 0 radical (unpaired) electrons. The van der Waals surface area contributed by atoms with Crippen molar-refractivity contribution in [3.63, 3.8) is 0 Å². The number of thioether (sulfide) groups is 1. The molecule has 3 rings (SSSR count). The Labute approximate surface area is 122 Å². The molecular weight excluding hydrogens is 299 g/mol. The molecule has 2 unspecified atom stereocenters. The Morgan fingerprint density at radius 1 is 1.45 bits per heavy atom. The van der Waals surface area contributed by atoms with Crippen LogP contribution in [0.15, 0.2) is 29.3 Å². The van der Waals surface area contributed by atoms with Crippen molar-refractivity contribution in [2.75, 3.05) is 18.6 Å². The minimum atomic E-state index is -2.94. The second-order valence-electron chi connectivity index (χ2n) is 5.15. The number of likely N-dealkylation sites (N-methyl/N-ethyl adjacent to an activating group) is 1. The smallest absolute Gasteiger partial charge is 0.159 e. The third-order valence-corrected chi connectivity index (χ3v) is 6.45. The van der Waals surface area contributed by atoms with Crippen LogP contribution < -0.4 is 0 Å². The highest BCUT2D eigenvalue weighted by Gasteiger charge is 2.44. The Morgan fingerprint density at radius 3 is 2.95 bits per heavy atom. The van der Waals surface area contributed by atoms with Gasteiger partial charge in [-0.2, -0.15) is 0 Å². The van der Waals surface area contributed by atoms with E-state index in [1.54, 1.807) is 6.07 Å². The normalized spacial score (nSPS) is 27.5. The van der Waals surface area contributed by atoms with Crippen molar-refractivity contribution in [3.05, 3.63) is 35.6 Å². The van der Waals surface area contributed by atoms with E-state index in [0.717, 1.165) is 10.7 Å². The third-order valence-electron chi connectivity index (χ3n) is 3.63. The van der Waals surface area contributed by atoms with E-state index in [2.05, 4.69) is 4.99 Å². The van der Waals surface area contributed by atoms with Crippen LogP contribution in [0.5, 0.6) is 0 Å². The number of rotatable bonds is 2. The molecule has 2 aliphatic rings. The lowest BCUT2D eigenvalue weighted by Crippen LogP contribution is -2.35. The van der Waals surface area contributed by atoms with Crippen LogP contribution in [0, 0.1) is 5.82 Å². The molecule has 0 bridgehead atoms. The number of amidine groups is 1. The number of aliphatic imine (C=N–C) groups is 1. The van der Waals surface area contributed by atoms with Crippen molar-refractivity contribution in [2.24, 2.45) is 4.99 Å². The highest BCUT2D eigenvalue weighted by Crippen LogP contribution is 2.30. The molecule has 0 aliphatic carbocycles. The maximum absolute atomic E-state index is 13.1. The van der Waals surface area contributed by atoms with E-state index in [0.29, 0.717) is 5.75 Å². The number of sulfone groups is 1. The van der Waals surface area contributed by atoms with Gasteiger partial charge in [0.1, 0.15) is 5.82 Å². The molecule has 2 atom stereocenters. The molecule has 4 nitrogen and oxygen atoms in total. The summed E-state index contributed by atoms with van der Waals surface area (Å²) < 4.78 is 36.2. The van der Waals surface area contributed by atoms with Gasteiger partial charge in [0, 0.05) is 12.8 Å². The summed E-state index contributed by atoms with van der Waals surface area (Å²) in [5, 5.41) is 0.846. The lowest BCUT2D eigenvalue weighted by atomic mass is 10.2. The molecular formula is C13H15FN2O2S2. The molecule has 1 aromatic carbocycles. The number of fused-ring (bicyclic) bond motifs is 1. The van der Waals surface area contributed by atoms with Gasteiger partial charge in [-0.25, -0.2) is 12.8 Å². The van der Waals surface area contributed by atoms with Gasteiger partial charge >= 0.3 is 0 Å². The molecule has 2 heterocycles. The fourth-order valence-electron chi connectivity index (χ4n) is 2.59. The number of hydrogen-bond donors (Lipinski definition) is 0. The third kappa shape index (κ3) is 2.69. The molecule has 0 N–H and O–H groups in total. The fraction of sp³-hybridized carbons (Fsp3) is 0.462. The Bertz CT molecular complexity index is 660. The van der Waals surface area contributed by atoms with Crippen LogP contribution >= 0.6 is 11.8 Å². The molecule has 0 aromatic heterocycles. The van der Waals surface area contributed by atoms with Crippen molar-refractivity contribution in [1.82, 2.24) is 4.90 Å². The first-order valence-corrected chi connectivity index (χ1v) is 9.14. The van der Waals surface area contributed by atoms with E-state index in [1.165, 1.54) is 23.9 Å². The SMILES string of the molecule is CN1C(SCc2cccc(F)c2)=NC2CS(=O)(=O)CC21. The first-order chi connectivity index (χ1) is 9.44. The maximum Gasteiger partial charge on any atom is 0.159 e. The second-order valence-corrected chi connectivity index (χ2v) is 8.25. The monoisotopic (exact) mass is 314 g/mol. The lowest BCUT2D eigenvalue weighted by Gasteiger charge is -2.20. The second kappa shape index (κ2) is 5.04. The summed E-state index contributed by atoms with van der Waals surface area (Å²) >= 11 is 1.53. The van der Waals surface area contributed by atoms with Gasteiger partial charge in [0.05, 0.1) is 23.6 Å². The van der Waals surface area contributed by atoms with E-state index in [9.17, 15) is 12.8 Å². The van der Waals surface area contributed by atoms with E-state index in [4.69, 9.17) is 0 Å². The van der Waals surface area contributed by atoms with Crippen LogP contribution in [0.3, 0.4) is 0 Å². The summed E-state index contributed by atoms with van der Waals surface area (Å²) in [7, 11) is -1.06. The van der Waals surface area contributed by atoms with Crippen LogP contribution in [0.4, 0.5) is 4.39 Å². The quantitative estimate of drug-likeness (QED) is 0.830. The van der Waals surface area contributed by atoms with Gasteiger partial charge in [0.2, 0.25) is 0 Å². The van der Waals surface area contributed by atoms with Gasteiger partial charge in [-0.15, -0.1) is 0 Å². The molecule has 0 amide bonds. The van der Waals surface area contributed by atoms with Crippen LogP contribution in [0.25, 0.3) is 0 Å². The summed E-state index contributed by atoms with van der Waals surface area (Å²) in [5.41, 5.74) is 0.899. The molecule has 1 fully saturated rings. The number of benzene rings is 1. The molecule has 0 spiro atoms. The number of halogens is 1. The Morgan fingerprint density at radius 2 is 2.25 bits per heavy atom. The Hall–Kier alpha value is -1.08. The number of nitrogens with zero attached hydrogens (tertiary/aromatic N) is 2. The van der Waals surface area contributed by atoms with Gasteiger partial charge < -0.3 is 4.90 Å². The van der Waals surface area contributed by atoms with Crippen LogP contribution in [0.2, 0.25) is 0 Å². The minimum Gasteiger partial charge on any atom is -0.348 e. The van der Waals surface area contributed by atoms with Gasteiger partial charge in [-0.1, -0.05) is 23.9 Å². The van der Waals surface area contributed by atoms with Crippen LogP contribution in [-0.4, -0.2) is 49.1 Å². The summed E-state index contributed by atoms with van der Waals surface area (Å²) in [4.78, 5) is 6.44. The molecule has 0 saturated carbocycles. The molecule has 1 saturated heterocycles. The highest BCUT2D eigenvalue weighted by atomic mass is 32.2. The molecule has 2 aliphatic heterocycles.